The molecule has 0 unspecified atom stereocenters. The van der Waals surface area contributed by atoms with Gasteiger partial charge in [-0.3, -0.25) is 4.40 Å². The van der Waals surface area contributed by atoms with Crippen LogP contribution in [0.15, 0.2) is 18.3 Å². The van der Waals surface area contributed by atoms with E-state index in [1.165, 1.54) is 0 Å². The van der Waals surface area contributed by atoms with Gasteiger partial charge >= 0.3 is 5.97 Å². The quantitative estimate of drug-likeness (QED) is 0.760. The number of hydrogen-bond acceptors (Lipinski definition) is 5. The first-order valence-electron chi connectivity index (χ1n) is 5.21. The molecular formula is C11H13N3O3. The van der Waals surface area contributed by atoms with Crippen molar-refractivity contribution >= 4 is 17.4 Å². The Morgan fingerprint density at radius 3 is 3.06 bits per heavy atom. The standard InChI is InChI=1S/C11H13N3O3/c1-2-17-11(16)9-10(12)14-4-3-7(6-15)5-8(14)13-9/h3-5,15H,2,6,12H2,1H3. The van der Waals surface area contributed by atoms with Crippen molar-refractivity contribution in [3.63, 3.8) is 0 Å². The molecule has 0 aromatic carbocycles. The maximum Gasteiger partial charge on any atom is 0.360 e. The van der Waals surface area contributed by atoms with E-state index in [2.05, 4.69) is 4.98 Å². The molecule has 0 amide bonds. The second kappa shape index (κ2) is 4.42. The van der Waals surface area contributed by atoms with Crippen molar-refractivity contribution in [3.05, 3.63) is 29.6 Å². The van der Waals surface area contributed by atoms with Gasteiger partial charge in [0.05, 0.1) is 13.2 Å². The lowest BCUT2D eigenvalue weighted by Gasteiger charge is -1.99. The number of nitrogen functional groups attached to an aromatic ring is 1. The highest BCUT2D eigenvalue weighted by atomic mass is 16.5. The molecule has 0 atom stereocenters. The molecule has 0 aliphatic carbocycles. The number of anilines is 1. The first-order valence-corrected chi connectivity index (χ1v) is 5.21. The number of hydrogen-bond donors (Lipinski definition) is 2. The number of ether oxygens (including phenoxy) is 1. The monoisotopic (exact) mass is 235 g/mol. The molecule has 0 saturated carbocycles. The first-order chi connectivity index (χ1) is 8.17. The molecule has 2 rings (SSSR count). The third-order valence-electron chi connectivity index (χ3n) is 2.38. The maximum absolute atomic E-state index is 11.6. The van der Waals surface area contributed by atoms with Gasteiger partial charge in [0.15, 0.2) is 5.69 Å². The Morgan fingerprint density at radius 2 is 2.41 bits per heavy atom. The Kier molecular flexibility index (Phi) is 2.97. The van der Waals surface area contributed by atoms with Gasteiger partial charge < -0.3 is 15.6 Å². The summed E-state index contributed by atoms with van der Waals surface area (Å²) in [5, 5.41) is 9.01. The number of esters is 1. The van der Waals surface area contributed by atoms with Crippen molar-refractivity contribution < 1.29 is 14.6 Å². The van der Waals surface area contributed by atoms with Gasteiger partial charge in [-0.2, -0.15) is 0 Å². The minimum Gasteiger partial charge on any atom is -0.461 e. The molecule has 0 radical (unpaired) electrons. The number of aliphatic hydroxyl groups is 1. The number of carbonyl (C=O) groups is 1. The largest absolute Gasteiger partial charge is 0.461 e. The molecule has 90 valence electrons. The predicted octanol–water partition coefficient (Wildman–Crippen LogP) is 0.586. The van der Waals surface area contributed by atoms with Crippen LogP contribution in [0.4, 0.5) is 5.82 Å². The maximum atomic E-state index is 11.6. The molecule has 17 heavy (non-hydrogen) atoms. The fourth-order valence-corrected chi connectivity index (χ4v) is 1.55. The SMILES string of the molecule is CCOC(=O)c1nc2cc(CO)ccn2c1N. The molecular weight excluding hydrogens is 222 g/mol. The van der Waals surface area contributed by atoms with E-state index in [1.807, 2.05) is 0 Å². The van der Waals surface area contributed by atoms with E-state index in [4.69, 9.17) is 15.6 Å². The number of rotatable bonds is 3. The Labute approximate surface area is 97.6 Å². The summed E-state index contributed by atoms with van der Waals surface area (Å²) in [5.41, 5.74) is 7.12. The summed E-state index contributed by atoms with van der Waals surface area (Å²) in [6, 6.07) is 3.37. The molecule has 6 nitrogen and oxygen atoms in total. The molecule has 0 aliphatic rings. The van der Waals surface area contributed by atoms with E-state index in [-0.39, 0.29) is 24.7 Å². The smallest absolute Gasteiger partial charge is 0.360 e. The summed E-state index contributed by atoms with van der Waals surface area (Å²) >= 11 is 0. The van der Waals surface area contributed by atoms with Crippen LogP contribution in [-0.2, 0) is 11.3 Å². The summed E-state index contributed by atoms with van der Waals surface area (Å²) in [5.74, 6) is -0.304. The molecule has 0 aliphatic heterocycles. The van der Waals surface area contributed by atoms with Gasteiger partial charge in [-0.1, -0.05) is 0 Å². The fraction of sp³-hybridized carbons (Fsp3) is 0.273. The second-order valence-electron chi connectivity index (χ2n) is 3.49. The number of fused-ring (bicyclic) bond motifs is 1. The Hall–Kier alpha value is -2.08. The lowest BCUT2D eigenvalue weighted by Crippen LogP contribution is -2.08. The Bertz CT molecular complexity index is 562. The lowest BCUT2D eigenvalue weighted by atomic mass is 10.3. The van der Waals surface area contributed by atoms with E-state index in [0.29, 0.717) is 11.2 Å². The zero-order chi connectivity index (χ0) is 12.4. The summed E-state index contributed by atoms with van der Waals surface area (Å²) < 4.78 is 6.43. The molecule has 0 spiro atoms. The highest BCUT2D eigenvalue weighted by molar-refractivity contribution is 5.93. The summed E-state index contributed by atoms with van der Waals surface area (Å²) in [4.78, 5) is 15.7. The van der Waals surface area contributed by atoms with Crippen molar-refractivity contribution in [1.82, 2.24) is 9.38 Å². The van der Waals surface area contributed by atoms with Gasteiger partial charge in [-0.25, -0.2) is 9.78 Å². The first kappa shape index (κ1) is 11.4. The van der Waals surface area contributed by atoms with Crippen LogP contribution in [0.5, 0.6) is 0 Å². The average Bonchev–Trinajstić information content (AvgIpc) is 2.66. The summed E-state index contributed by atoms with van der Waals surface area (Å²) in [6.45, 7) is 1.90. The topological polar surface area (TPSA) is 89.8 Å². The van der Waals surface area contributed by atoms with Gasteiger partial charge in [0.25, 0.3) is 0 Å². The van der Waals surface area contributed by atoms with E-state index in [9.17, 15) is 4.79 Å². The third kappa shape index (κ3) is 1.94. The third-order valence-corrected chi connectivity index (χ3v) is 2.38. The van der Waals surface area contributed by atoms with Crippen LogP contribution < -0.4 is 5.73 Å². The number of aliphatic hydroxyl groups excluding tert-OH is 1. The van der Waals surface area contributed by atoms with Gasteiger partial charge in [-0.05, 0) is 24.6 Å². The number of imidazole rings is 1. The van der Waals surface area contributed by atoms with Gasteiger partial charge in [0.1, 0.15) is 11.5 Å². The van der Waals surface area contributed by atoms with Crippen LogP contribution in [0.3, 0.4) is 0 Å². The normalized spacial score (nSPS) is 10.7. The molecule has 0 bridgehead atoms. The summed E-state index contributed by atoms with van der Waals surface area (Å²) in [6.07, 6.45) is 1.66. The van der Waals surface area contributed by atoms with Crippen LogP contribution >= 0.6 is 0 Å². The van der Waals surface area contributed by atoms with Gasteiger partial charge in [0.2, 0.25) is 0 Å². The second-order valence-corrected chi connectivity index (χ2v) is 3.49. The molecule has 3 N–H and O–H groups in total. The molecule has 2 aromatic heterocycles. The lowest BCUT2D eigenvalue weighted by molar-refractivity contribution is 0.0521. The number of nitrogens with two attached hydrogens (primary N) is 1. The molecule has 0 fully saturated rings. The highest BCUT2D eigenvalue weighted by Crippen LogP contribution is 2.17. The van der Waals surface area contributed by atoms with Gasteiger partial charge in [-0.15, -0.1) is 0 Å². The van der Waals surface area contributed by atoms with Crippen LogP contribution in [-0.4, -0.2) is 27.1 Å². The zero-order valence-electron chi connectivity index (χ0n) is 9.38. The van der Waals surface area contributed by atoms with Crippen LogP contribution in [0.25, 0.3) is 5.65 Å². The van der Waals surface area contributed by atoms with E-state index >= 15 is 0 Å². The van der Waals surface area contributed by atoms with Crippen LogP contribution in [0, 0.1) is 0 Å². The van der Waals surface area contributed by atoms with Crippen molar-refractivity contribution in [1.29, 1.82) is 0 Å². The van der Waals surface area contributed by atoms with E-state index in [1.54, 1.807) is 29.7 Å². The fourth-order valence-electron chi connectivity index (χ4n) is 1.55. The van der Waals surface area contributed by atoms with Gasteiger partial charge in [0, 0.05) is 6.20 Å². The number of nitrogens with zero attached hydrogens (tertiary/aromatic N) is 2. The van der Waals surface area contributed by atoms with Crippen LogP contribution in [0.2, 0.25) is 0 Å². The molecule has 2 heterocycles. The molecule has 6 heteroatoms. The van der Waals surface area contributed by atoms with E-state index < -0.39 is 5.97 Å². The highest BCUT2D eigenvalue weighted by Gasteiger charge is 2.17. The predicted molar refractivity (Wildman–Crippen MR) is 61.5 cm³/mol. The van der Waals surface area contributed by atoms with Crippen molar-refractivity contribution in [3.8, 4) is 0 Å². The molecule has 0 saturated heterocycles. The van der Waals surface area contributed by atoms with Crippen LogP contribution in [0.1, 0.15) is 23.0 Å². The summed E-state index contributed by atoms with van der Waals surface area (Å²) in [7, 11) is 0. The number of pyridine rings is 1. The van der Waals surface area contributed by atoms with E-state index in [0.717, 1.165) is 0 Å². The Morgan fingerprint density at radius 1 is 1.65 bits per heavy atom. The van der Waals surface area contributed by atoms with Crippen molar-refractivity contribution in [2.45, 2.75) is 13.5 Å². The number of aromatic nitrogens is 2. The van der Waals surface area contributed by atoms with Crippen molar-refractivity contribution in [2.75, 3.05) is 12.3 Å². The minimum absolute atomic E-state index is 0.0853. The van der Waals surface area contributed by atoms with Crippen molar-refractivity contribution in [2.24, 2.45) is 0 Å². The molecule has 2 aromatic rings. The Balaban J connectivity index is 2.52. The average molecular weight is 235 g/mol. The zero-order valence-corrected chi connectivity index (χ0v) is 9.38. The number of carbonyl (C=O) groups excluding carboxylic acids is 1. The minimum atomic E-state index is -0.542.